The van der Waals surface area contributed by atoms with Gasteiger partial charge >= 0.3 is 29.6 Å². The van der Waals surface area contributed by atoms with Crippen molar-refractivity contribution >= 4 is 12.4 Å². The maximum absolute atomic E-state index is 8.89. The van der Waals surface area contributed by atoms with E-state index in [1.807, 2.05) is 0 Å². The number of hydrogen-bond donors (Lipinski definition) is 0. The summed E-state index contributed by atoms with van der Waals surface area (Å²) in [6, 6.07) is 0. The van der Waals surface area contributed by atoms with Crippen LogP contribution in [0.2, 0.25) is 0 Å². The summed E-state index contributed by atoms with van der Waals surface area (Å²) in [4.78, 5) is 12.6. The zero-order valence-electron chi connectivity index (χ0n) is 6.16. The molecule has 0 aromatic heterocycles. The monoisotopic (exact) mass is 153 g/mol. The van der Waals surface area contributed by atoms with E-state index >= 15 is 0 Å². The predicted octanol–water partition coefficient (Wildman–Crippen LogP) is -4.19. The van der Waals surface area contributed by atoms with Crippen LogP contribution in [0.25, 0.3) is 0 Å². The van der Waals surface area contributed by atoms with Crippen LogP contribution in [0.3, 0.4) is 0 Å². The van der Waals surface area contributed by atoms with Crippen LogP contribution < -0.4 is 34.7 Å². The van der Waals surface area contributed by atoms with Crippen LogP contribution in [0.1, 0.15) is 6.92 Å². The summed E-state index contributed by atoms with van der Waals surface area (Å²) in [6.45, 7) is 2.60. The minimum Gasteiger partial charge on any atom is -0.550 e. The van der Waals surface area contributed by atoms with Gasteiger partial charge in [0.15, 0.2) is 6.40 Å². The Morgan fingerprint density at radius 2 is 2.30 bits per heavy atom. The Morgan fingerprint density at radius 3 is 2.40 bits per heavy atom. The molecule has 0 spiro atoms. The third-order valence-electron chi connectivity index (χ3n) is 0.487. The minimum atomic E-state index is -1.08. The first-order valence-corrected chi connectivity index (χ1v) is 2.51. The van der Waals surface area contributed by atoms with Gasteiger partial charge in [-0.2, -0.15) is 0 Å². The van der Waals surface area contributed by atoms with Crippen LogP contribution in [0.4, 0.5) is 0 Å². The van der Waals surface area contributed by atoms with Crippen molar-refractivity contribution in [2.75, 3.05) is 13.2 Å². The number of hydrogen-bond acceptors (Lipinski definition) is 4. The second-order valence-corrected chi connectivity index (χ2v) is 1.37. The molecule has 0 N–H and O–H groups in total. The SMILES string of the molecule is C1=NCCO1.CC(=O)[O-].[Na+]. The molecule has 0 bridgehead atoms. The molecule has 1 heterocycles. The van der Waals surface area contributed by atoms with Gasteiger partial charge in [-0.15, -0.1) is 0 Å². The summed E-state index contributed by atoms with van der Waals surface area (Å²) in [5, 5.41) is 8.89. The zero-order valence-corrected chi connectivity index (χ0v) is 8.16. The molecule has 0 unspecified atom stereocenters. The standard InChI is InChI=1S/C3H5NO.C2H4O2.Na/c1-2-5-3-4-1;1-2(3)4;/h3H,1-2H2;1H3,(H,3,4);/q;;+1/p-1. The Balaban J connectivity index is 0. The summed E-state index contributed by atoms with van der Waals surface area (Å²) in [5.41, 5.74) is 0. The Bertz CT molecular complexity index is 105. The van der Waals surface area contributed by atoms with Crippen molar-refractivity contribution in [3.63, 3.8) is 0 Å². The van der Waals surface area contributed by atoms with E-state index in [-0.39, 0.29) is 29.6 Å². The maximum Gasteiger partial charge on any atom is 1.00 e. The molecule has 0 fully saturated rings. The molecule has 0 atom stereocenters. The van der Waals surface area contributed by atoms with Crippen LogP contribution in [-0.4, -0.2) is 25.5 Å². The first kappa shape index (κ1) is 12.6. The molecule has 0 aromatic carbocycles. The number of nitrogens with zero attached hydrogens (tertiary/aromatic N) is 1. The molecule has 0 aromatic rings. The summed E-state index contributed by atoms with van der Waals surface area (Å²) in [7, 11) is 0. The van der Waals surface area contributed by atoms with E-state index in [0.717, 1.165) is 20.1 Å². The van der Waals surface area contributed by atoms with Crippen LogP contribution in [0, 0.1) is 0 Å². The molecule has 5 heteroatoms. The molecule has 4 nitrogen and oxygen atoms in total. The van der Waals surface area contributed by atoms with Crippen LogP contribution in [0.15, 0.2) is 4.99 Å². The smallest absolute Gasteiger partial charge is 0.550 e. The van der Waals surface area contributed by atoms with Crippen molar-refractivity contribution in [1.29, 1.82) is 0 Å². The number of carboxylic acids is 1. The molecule has 0 aliphatic carbocycles. The van der Waals surface area contributed by atoms with Gasteiger partial charge in [-0.3, -0.25) is 4.99 Å². The average molecular weight is 153 g/mol. The summed E-state index contributed by atoms with van der Waals surface area (Å²) in [5.74, 6) is -1.08. The largest absolute Gasteiger partial charge is 1.00 e. The van der Waals surface area contributed by atoms with Crippen molar-refractivity contribution in [3.8, 4) is 0 Å². The number of aliphatic imine (C=N–C) groups is 1. The number of carboxylic acid groups (broad SMARTS) is 1. The van der Waals surface area contributed by atoms with Gasteiger partial charge < -0.3 is 14.6 Å². The third kappa shape index (κ3) is 15.7. The number of rotatable bonds is 0. The zero-order chi connectivity index (χ0) is 7.11. The van der Waals surface area contributed by atoms with Crippen molar-refractivity contribution in [1.82, 2.24) is 0 Å². The number of carbonyl (C=O) groups excluding carboxylic acids is 1. The Hall–Kier alpha value is -0.0600. The minimum absolute atomic E-state index is 0. The van der Waals surface area contributed by atoms with E-state index in [0.29, 0.717) is 0 Å². The van der Waals surface area contributed by atoms with Gasteiger partial charge in [0, 0.05) is 5.97 Å². The molecule has 1 aliphatic rings. The summed E-state index contributed by atoms with van der Waals surface area (Å²) >= 11 is 0. The average Bonchev–Trinajstić information content (AvgIpc) is 2.11. The fourth-order valence-electron chi connectivity index (χ4n) is 0.264. The predicted molar refractivity (Wildman–Crippen MR) is 30.0 cm³/mol. The molecule has 1 aliphatic heterocycles. The van der Waals surface area contributed by atoms with E-state index in [9.17, 15) is 0 Å². The van der Waals surface area contributed by atoms with Crippen molar-refractivity contribution in [2.24, 2.45) is 4.99 Å². The molecular weight excluding hydrogens is 145 g/mol. The molecule has 0 amide bonds. The van der Waals surface area contributed by atoms with E-state index < -0.39 is 5.97 Å². The van der Waals surface area contributed by atoms with Gasteiger partial charge in [-0.05, 0) is 6.92 Å². The fourth-order valence-corrected chi connectivity index (χ4v) is 0.264. The van der Waals surface area contributed by atoms with Gasteiger partial charge in [0.1, 0.15) is 6.61 Å². The van der Waals surface area contributed by atoms with Gasteiger partial charge in [-0.25, -0.2) is 0 Å². The van der Waals surface area contributed by atoms with Crippen molar-refractivity contribution in [3.05, 3.63) is 0 Å². The molecule has 0 radical (unpaired) electrons. The Labute approximate surface area is 81.6 Å². The van der Waals surface area contributed by atoms with Gasteiger partial charge in [0.25, 0.3) is 0 Å². The van der Waals surface area contributed by atoms with Gasteiger partial charge in [0.2, 0.25) is 0 Å². The number of carbonyl (C=O) groups is 1. The van der Waals surface area contributed by atoms with Crippen LogP contribution in [-0.2, 0) is 9.53 Å². The Kier molecular flexibility index (Phi) is 11.3. The van der Waals surface area contributed by atoms with Crippen LogP contribution >= 0.6 is 0 Å². The second-order valence-electron chi connectivity index (χ2n) is 1.37. The number of ether oxygens (including phenoxy) is 1. The number of aliphatic carboxylic acids is 1. The van der Waals surface area contributed by atoms with Gasteiger partial charge in [-0.1, -0.05) is 0 Å². The molecule has 0 saturated heterocycles. The van der Waals surface area contributed by atoms with Gasteiger partial charge in [0.05, 0.1) is 6.54 Å². The summed E-state index contributed by atoms with van der Waals surface area (Å²) < 4.78 is 4.65. The van der Waals surface area contributed by atoms with Crippen LogP contribution in [0.5, 0.6) is 0 Å². The van der Waals surface area contributed by atoms with Crippen molar-refractivity contribution < 1.29 is 44.2 Å². The first-order valence-electron chi connectivity index (χ1n) is 2.51. The third-order valence-corrected chi connectivity index (χ3v) is 0.487. The normalized spacial score (nSPS) is 12.1. The first-order chi connectivity index (χ1) is 4.23. The van der Waals surface area contributed by atoms with E-state index in [1.54, 1.807) is 0 Å². The molecule has 52 valence electrons. The molecular formula is C5H8NNaO3. The van der Waals surface area contributed by atoms with E-state index in [4.69, 9.17) is 9.90 Å². The quantitative estimate of drug-likeness (QED) is 0.331. The fraction of sp³-hybridized carbons (Fsp3) is 0.600. The maximum atomic E-state index is 8.89. The summed E-state index contributed by atoms with van der Waals surface area (Å²) in [6.07, 6.45) is 1.49. The Morgan fingerprint density at radius 1 is 1.80 bits per heavy atom. The molecule has 10 heavy (non-hydrogen) atoms. The van der Waals surface area contributed by atoms with E-state index in [1.165, 1.54) is 6.40 Å². The molecule has 0 saturated carbocycles. The van der Waals surface area contributed by atoms with Crippen molar-refractivity contribution in [2.45, 2.75) is 6.92 Å². The van der Waals surface area contributed by atoms with E-state index in [2.05, 4.69) is 9.73 Å². The second kappa shape index (κ2) is 8.94. The topological polar surface area (TPSA) is 61.7 Å². The molecule has 1 rings (SSSR count).